The van der Waals surface area contributed by atoms with Crippen LogP contribution in [0.5, 0.6) is 0 Å². The van der Waals surface area contributed by atoms with E-state index in [1.165, 1.54) is 19.3 Å². The molecule has 1 aromatic rings. The topological polar surface area (TPSA) is 92.2 Å². The number of halogens is 1. The van der Waals surface area contributed by atoms with E-state index in [0.29, 0.717) is 18.0 Å². The predicted molar refractivity (Wildman–Crippen MR) is 127 cm³/mol. The third-order valence-corrected chi connectivity index (χ3v) is 6.88. The minimum atomic E-state index is -0.980. The zero-order chi connectivity index (χ0) is 22.9. The molecular weight excluding hydrogens is 446 g/mol. The van der Waals surface area contributed by atoms with Gasteiger partial charge in [0.05, 0.1) is 19.3 Å². The molecule has 0 spiro atoms. The zero-order valence-electron chi connectivity index (χ0n) is 19.8. The predicted octanol–water partition coefficient (Wildman–Crippen LogP) is 3.86. The van der Waals surface area contributed by atoms with Gasteiger partial charge in [-0.25, -0.2) is 9.78 Å². The normalized spacial score (nSPS) is 22.4. The van der Waals surface area contributed by atoms with Gasteiger partial charge in [0.15, 0.2) is 0 Å². The summed E-state index contributed by atoms with van der Waals surface area (Å²) in [5, 5.41) is 9.61. The maximum Gasteiger partial charge on any atom is 0.410 e. The summed E-state index contributed by atoms with van der Waals surface area (Å²) in [5.74, 6) is 0.500. The maximum absolute atomic E-state index is 13.0. The van der Waals surface area contributed by atoms with Gasteiger partial charge in [-0.15, -0.1) is 12.4 Å². The first-order valence-corrected chi connectivity index (χ1v) is 11.7. The van der Waals surface area contributed by atoms with E-state index in [1.807, 2.05) is 37.8 Å². The second-order valence-electron chi connectivity index (χ2n) is 10.5. The third kappa shape index (κ3) is 5.54. The number of aliphatic carboxylic acids is 1. The molecular formula is C24H36ClN3O5. The smallest absolute Gasteiger partial charge is 0.410 e. The molecule has 1 aliphatic carbocycles. The summed E-state index contributed by atoms with van der Waals surface area (Å²) < 4.78 is 10.9. The van der Waals surface area contributed by atoms with Gasteiger partial charge in [0.2, 0.25) is 0 Å². The average molecular weight is 482 g/mol. The number of nitrogens with zero attached hydrogens (tertiary/aromatic N) is 3. The lowest BCUT2D eigenvalue weighted by Gasteiger charge is -2.42. The number of aromatic nitrogens is 1. The van der Waals surface area contributed by atoms with Gasteiger partial charge in [-0.1, -0.05) is 12.5 Å². The molecule has 184 valence electrons. The average Bonchev–Trinajstić information content (AvgIpc) is 2.65. The fraction of sp³-hybridized carbons (Fsp3) is 0.708. The zero-order valence-corrected chi connectivity index (χ0v) is 20.6. The largest absolute Gasteiger partial charge is 0.480 e. The molecule has 2 aliphatic heterocycles. The van der Waals surface area contributed by atoms with Crippen LogP contribution in [-0.2, 0) is 19.7 Å². The number of amides is 1. The first kappa shape index (κ1) is 25.6. The lowest BCUT2D eigenvalue weighted by atomic mass is 9.79. The lowest BCUT2D eigenvalue weighted by molar-refractivity contribution is -0.163. The molecule has 1 aromatic heterocycles. The number of pyridine rings is 1. The van der Waals surface area contributed by atoms with Crippen molar-refractivity contribution in [3.8, 4) is 0 Å². The Kier molecular flexibility index (Phi) is 7.79. The van der Waals surface area contributed by atoms with Crippen LogP contribution < -0.4 is 4.90 Å². The van der Waals surface area contributed by atoms with E-state index in [4.69, 9.17) is 9.47 Å². The summed E-state index contributed by atoms with van der Waals surface area (Å²) in [6.45, 7) is 8.39. The van der Waals surface area contributed by atoms with Crippen LogP contribution in [0.1, 0.15) is 58.4 Å². The molecule has 3 aliphatic rings. The molecule has 8 nitrogen and oxygen atoms in total. The van der Waals surface area contributed by atoms with Crippen molar-refractivity contribution >= 4 is 30.3 Å². The monoisotopic (exact) mass is 481 g/mol. The molecule has 4 rings (SSSR count). The fourth-order valence-electron chi connectivity index (χ4n) is 4.64. The first-order chi connectivity index (χ1) is 15.2. The Hall–Kier alpha value is -2.06. The number of hydrogen-bond acceptors (Lipinski definition) is 6. The molecule has 1 amide bonds. The van der Waals surface area contributed by atoms with E-state index in [9.17, 15) is 14.7 Å². The van der Waals surface area contributed by atoms with Crippen molar-refractivity contribution in [3.05, 3.63) is 23.9 Å². The number of hydrogen-bond donors (Lipinski definition) is 1. The molecule has 3 fully saturated rings. The van der Waals surface area contributed by atoms with E-state index in [-0.39, 0.29) is 37.8 Å². The van der Waals surface area contributed by atoms with E-state index in [0.717, 1.165) is 31.7 Å². The van der Waals surface area contributed by atoms with E-state index >= 15 is 0 Å². The number of piperidine rings is 1. The summed E-state index contributed by atoms with van der Waals surface area (Å²) in [7, 11) is 0. The Morgan fingerprint density at radius 1 is 1.24 bits per heavy atom. The number of anilines is 1. The molecule has 3 heterocycles. The van der Waals surface area contributed by atoms with Crippen molar-refractivity contribution in [2.45, 2.75) is 69.9 Å². The van der Waals surface area contributed by atoms with Crippen molar-refractivity contribution < 1.29 is 24.2 Å². The number of carbonyl (C=O) groups excluding carboxylic acids is 1. The van der Waals surface area contributed by atoms with Crippen LogP contribution in [0.2, 0.25) is 0 Å². The van der Waals surface area contributed by atoms with E-state index in [1.54, 1.807) is 6.20 Å². The van der Waals surface area contributed by atoms with Crippen molar-refractivity contribution in [1.29, 1.82) is 0 Å². The number of rotatable bonds is 6. The molecule has 2 saturated heterocycles. The molecule has 1 saturated carbocycles. The summed E-state index contributed by atoms with van der Waals surface area (Å²) >= 11 is 0. The molecule has 9 heteroatoms. The van der Waals surface area contributed by atoms with Crippen LogP contribution in [0.3, 0.4) is 0 Å². The third-order valence-electron chi connectivity index (χ3n) is 6.88. The number of carbonyl (C=O) groups is 2. The molecule has 0 bridgehead atoms. The number of carboxylic acids is 1. The molecule has 1 N–H and O–H groups in total. The van der Waals surface area contributed by atoms with Crippen LogP contribution in [0, 0.1) is 5.92 Å². The van der Waals surface area contributed by atoms with Gasteiger partial charge in [-0.05, 0) is 64.0 Å². The Bertz CT molecular complexity index is 833. The molecule has 33 heavy (non-hydrogen) atoms. The Morgan fingerprint density at radius 3 is 2.45 bits per heavy atom. The molecule has 1 atom stereocenters. The van der Waals surface area contributed by atoms with Gasteiger partial charge in [-0.2, -0.15) is 0 Å². The quantitative estimate of drug-likeness (QED) is 0.659. The Labute approximate surface area is 202 Å². The summed E-state index contributed by atoms with van der Waals surface area (Å²) in [6.07, 6.45) is 6.93. The first-order valence-electron chi connectivity index (χ1n) is 11.7. The van der Waals surface area contributed by atoms with Crippen molar-refractivity contribution in [2.75, 3.05) is 37.7 Å². The van der Waals surface area contributed by atoms with E-state index < -0.39 is 17.0 Å². The van der Waals surface area contributed by atoms with Crippen LogP contribution in [0.4, 0.5) is 10.6 Å². The number of ether oxygens (including phenoxy) is 2. The standard InChI is InChI=1S/C24H35N3O5.ClH/c1-23(2,3)32-22(30)27(13-17-6-4-7-17)19-8-5-11-26(14-19)20-10-9-18(12-25-20)24(21(28)29)15-31-16-24;/h9-10,12,17,19H,4-8,11,13-16H2,1-3H3,(H,28,29);1H/t19-;/m1./s1. The lowest BCUT2D eigenvalue weighted by Crippen LogP contribution is -2.54. The van der Waals surface area contributed by atoms with Crippen molar-refractivity contribution in [1.82, 2.24) is 9.88 Å². The van der Waals surface area contributed by atoms with Crippen molar-refractivity contribution in [2.24, 2.45) is 5.92 Å². The SMILES string of the molecule is CC(C)(C)OC(=O)N(CC1CCC1)[C@@H]1CCCN(c2ccc(C3(C(=O)O)COC3)cn2)C1.Cl. The second kappa shape index (κ2) is 10.1. The Morgan fingerprint density at radius 2 is 1.97 bits per heavy atom. The fourth-order valence-corrected chi connectivity index (χ4v) is 4.64. The van der Waals surface area contributed by atoms with Gasteiger partial charge >= 0.3 is 12.1 Å². The van der Waals surface area contributed by atoms with Crippen LogP contribution in [0.15, 0.2) is 18.3 Å². The second-order valence-corrected chi connectivity index (χ2v) is 10.5. The molecule has 0 radical (unpaired) electrons. The highest BCUT2D eigenvalue weighted by atomic mass is 35.5. The maximum atomic E-state index is 13.0. The van der Waals surface area contributed by atoms with Crippen LogP contribution >= 0.6 is 12.4 Å². The van der Waals surface area contributed by atoms with Crippen LogP contribution in [-0.4, -0.2) is 71.5 Å². The summed E-state index contributed by atoms with van der Waals surface area (Å²) in [6, 6.07) is 3.82. The van der Waals surface area contributed by atoms with Crippen LogP contribution in [0.25, 0.3) is 0 Å². The summed E-state index contributed by atoms with van der Waals surface area (Å²) in [4.78, 5) is 33.5. The molecule has 0 aromatic carbocycles. The van der Waals surface area contributed by atoms with E-state index in [2.05, 4.69) is 9.88 Å². The Balaban J connectivity index is 0.00000306. The highest BCUT2D eigenvalue weighted by molar-refractivity contribution is 5.85. The van der Waals surface area contributed by atoms with Gasteiger partial charge in [0, 0.05) is 25.8 Å². The van der Waals surface area contributed by atoms with Gasteiger partial charge in [0.25, 0.3) is 0 Å². The highest BCUT2D eigenvalue weighted by Crippen LogP contribution is 2.34. The molecule has 0 unspecified atom stereocenters. The minimum Gasteiger partial charge on any atom is -0.480 e. The minimum absolute atomic E-state index is 0. The number of carboxylic acid groups (broad SMARTS) is 1. The highest BCUT2D eigenvalue weighted by Gasteiger charge is 2.48. The van der Waals surface area contributed by atoms with Gasteiger partial charge < -0.3 is 24.4 Å². The van der Waals surface area contributed by atoms with Gasteiger partial charge in [0.1, 0.15) is 16.8 Å². The van der Waals surface area contributed by atoms with Crippen molar-refractivity contribution in [3.63, 3.8) is 0 Å². The summed E-state index contributed by atoms with van der Waals surface area (Å²) in [5.41, 5.74) is -0.827. The van der Waals surface area contributed by atoms with Gasteiger partial charge in [-0.3, -0.25) is 4.79 Å².